The molecule has 0 saturated carbocycles. The van der Waals surface area contributed by atoms with E-state index in [1.165, 1.54) is 7.11 Å². The highest BCUT2D eigenvalue weighted by atomic mass is 16.5. The van der Waals surface area contributed by atoms with Gasteiger partial charge in [0, 0.05) is 19.2 Å². The molecule has 1 aliphatic heterocycles. The molecule has 0 aromatic carbocycles. The van der Waals surface area contributed by atoms with E-state index in [9.17, 15) is 4.79 Å². The third kappa shape index (κ3) is 3.15. The Balaban J connectivity index is 1.74. The maximum absolute atomic E-state index is 12.6. The monoisotopic (exact) mass is 316 g/mol. The Morgan fingerprint density at radius 3 is 2.74 bits per heavy atom. The Hall–Kier alpha value is -2.51. The molecular formula is C15H20N6O2. The van der Waals surface area contributed by atoms with Gasteiger partial charge < -0.3 is 9.64 Å². The number of hydrogen-bond acceptors (Lipinski definition) is 6. The van der Waals surface area contributed by atoms with E-state index in [4.69, 9.17) is 4.74 Å². The largest absolute Gasteiger partial charge is 0.480 e. The summed E-state index contributed by atoms with van der Waals surface area (Å²) in [5.41, 5.74) is 0.331. The predicted molar refractivity (Wildman–Crippen MR) is 82.3 cm³/mol. The van der Waals surface area contributed by atoms with E-state index >= 15 is 0 Å². The smallest absolute Gasteiger partial charge is 0.274 e. The van der Waals surface area contributed by atoms with E-state index in [2.05, 4.69) is 20.3 Å². The van der Waals surface area contributed by atoms with Gasteiger partial charge in [0.25, 0.3) is 5.91 Å². The summed E-state index contributed by atoms with van der Waals surface area (Å²) in [5, 5.41) is 12.2. The number of aromatic nitrogens is 5. The molecule has 8 heteroatoms. The first-order valence-electron chi connectivity index (χ1n) is 7.65. The lowest BCUT2D eigenvalue weighted by Gasteiger charge is -2.32. The van der Waals surface area contributed by atoms with Crippen LogP contribution in [0.1, 0.15) is 41.0 Å². The fourth-order valence-corrected chi connectivity index (χ4v) is 2.93. The summed E-state index contributed by atoms with van der Waals surface area (Å²) >= 11 is 0. The second kappa shape index (κ2) is 6.31. The van der Waals surface area contributed by atoms with Crippen LogP contribution in [-0.4, -0.2) is 56.0 Å². The number of amides is 1. The number of carbonyl (C=O) groups excluding carboxylic acids is 1. The van der Waals surface area contributed by atoms with Crippen molar-refractivity contribution < 1.29 is 9.53 Å². The maximum atomic E-state index is 12.6. The number of ether oxygens (including phenoxy) is 1. The summed E-state index contributed by atoms with van der Waals surface area (Å²) in [6, 6.07) is 3.44. The molecule has 0 aliphatic carbocycles. The van der Waals surface area contributed by atoms with E-state index in [0.717, 1.165) is 31.0 Å². The number of hydrogen-bond donors (Lipinski definition) is 0. The second-order valence-electron chi connectivity index (χ2n) is 5.66. The van der Waals surface area contributed by atoms with Gasteiger partial charge in [0.1, 0.15) is 11.6 Å². The van der Waals surface area contributed by atoms with Crippen molar-refractivity contribution in [3.63, 3.8) is 0 Å². The summed E-state index contributed by atoms with van der Waals surface area (Å²) in [6.45, 7) is 5.14. The van der Waals surface area contributed by atoms with Crippen LogP contribution in [0.25, 0.3) is 0 Å². The number of nitrogens with zero attached hydrogens (tertiary/aromatic N) is 6. The minimum atomic E-state index is -0.112. The molecule has 2 aromatic rings. The summed E-state index contributed by atoms with van der Waals surface area (Å²) in [7, 11) is 1.52. The number of aryl methyl sites for hydroxylation is 2. The molecular weight excluding hydrogens is 296 g/mol. The molecule has 3 rings (SSSR count). The molecule has 1 atom stereocenters. The zero-order chi connectivity index (χ0) is 16.4. The van der Waals surface area contributed by atoms with Gasteiger partial charge in [-0.25, -0.2) is 9.67 Å². The SMILES string of the molecule is COc1ccc(C(=O)N2CCC[C@H](n3nc(C)nc3C)C2)nn1. The van der Waals surface area contributed by atoms with Crippen molar-refractivity contribution in [1.82, 2.24) is 29.9 Å². The first-order chi connectivity index (χ1) is 11.1. The summed E-state index contributed by atoms with van der Waals surface area (Å²) in [4.78, 5) is 18.8. The fraction of sp³-hybridized carbons (Fsp3) is 0.533. The fourth-order valence-electron chi connectivity index (χ4n) is 2.93. The molecule has 1 amide bonds. The molecule has 8 nitrogen and oxygen atoms in total. The van der Waals surface area contributed by atoms with Crippen molar-refractivity contribution in [2.45, 2.75) is 32.7 Å². The van der Waals surface area contributed by atoms with E-state index in [-0.39, 0.29) is 11.9 Å². The molecule has 122 valence electrons. The van der Waals surface area contributed by atoms with Crippen molar-refractivity contribution in [1.29, 1.82) is 0 Å². The number of methoxy groups -OCH3 is 1. The average molecular weight is 316 g/mol. The number of carbonyl (C=O) groups is 1. The number of likely N-dealkylation sites (tertiary alicyclic amines) is 1. The van der Waals surface area contributed by atoms with Gasteiger partial charge in [-0.3, -0.25) is 4.79 Å². The van der Waals surface area contributed by atoms with Crippen molar-refractivity contribution in [2.24, 2.45) is 0 Å². The third-order valence-electron chi connectivity index (χ3n) is 4.01. The molecule has 0 bridgehead atoms. The van der Waals surface area contributed by atoms with E-state index in [0.29, 0.717) is 18.1 Å². The molecule has 0 unspecified atom stereocenters. The van der Waals surface area contributed by atoms with E-state index in [1.54, 1.807) is 17.0 Å². The second-order valence-corrected chi connectivity index (χ2v) is 5.66. The minimum absolute atomic E-state index is 0.112. The van der Waals surface area contributed by atoms with Crippen LogP contribution < -0.4 is 4.74 Å². The van der Waals surface area contributed by atoms with E-state index in [1.807, 2.05) is 18.5 Å². The number of piperidine rings is 1. The van der Waals surface area contributed by atoms with Crippen molar-refractivity contribution >= 4 is 5.91 Å². The first kappa shape index (κ1) is 15.4. The summed E-state index contributed by atoms with van der Waals surface area (Å²) < 4.78 is 6.89. The van der Waals surface area contributed by atoms with Crippen LogP contribution >= 0.6 is 0 Å². The van der Waals surface area contributed by atoms with Crippen LogP contribution in [0.4, 0.5) is 0 Å². The Bertz CT molecular complexity index is 696. The Morgan fingerprint density at radius 2 is 2.13 bits per heavy atom. The van der Waals surface area contributed by atoms with Gasteiger partial charge in [-0.2, -0.15) is 5.10 Å². The Morgan fingerprint density at radius 1 is 1.30 bits per heavy atom. The highest BCUT2D eigenvalue weighted by Gasteiger charge is 2.28. The average Bonchev–Trinajstić information content (AvgIpc) is 2.93. The highest BCUT2D eigenvalue weighted by Crippen LogP contribution is 2.23. The molecule has 1 saturated heterocycles. The normalized spacial score (nSPS) is 18.0. The van der Waals surface area contributed by atoms with Gasteiger partial charge in [-0.15, -0.1) is 10.2 Å². The standard InChI is InChI=1S/C15H20N6O2/c1-10-16-11(2)21(19-10)12-5-4-8-20(9-12)15(22)13-6-7-14(23-3)18-17-13/h6-7,12H,4-5,8-9H2,1-3H3/t12-/m0/s1. The van der Waals surface area contributed by atoms with Crippen molar-refractivity contribution in [3.8, 4) is 5.88 Å². The molecule has 1 fully saturated rings. The van der Waals surface area contributed by atoms with Crippen LogP contribution in [0.2, 0.25) is 0 Å². The van der Waals surface area contributed by atoms with Gasteiger partial charge in [-0.1, -0.05) is 0 Å². The van der Waals surface area contributed by atoms with Crippen molar-refractivity contribution in [3.05, 3.63) is 29.5 Å². The Kier molecular flexibility index (Phi) is 4.22. The van der Waals surface area contributed by atoms with Gasteiger partial charge in [0.15, 0.2) is 5.69 Å². The molecule has 0 spiro atoms. The molecule has 3 heterocycles. The highest BCUT2D eigenvalue weighted by molar-refractivity contribution is 5.92. The topological polar surface area (TPSA) is 86.0 Å². The zero-order valence-corrected chi connectivity index (χ0v) is 13.6. The van der Waals surface area contributed by atoms with Gasteiger partial charge in [0.05, 0.1) is 13.2 Å². The van der Waals surface area contributed by atoms with Gasteiger partial charge >= 0.3 is 0 Å². The quantitative estimate of drug-likeness (QED) is 0.845. The lowest BCUT2D eigenvalue weighted by molar-refractivity contribution is 0.0664. The molecule has 0 radical (unpaired) electrons. The van der Waals surface area contributed by atoms with Crippen LogP contribution in [0.15, 0.2) is 12.1 Å². The van der Waals surface area contributed by atoms with Crippen molar-refractivity contribution in [2.75, 3.05) is 20.2 Å². The van der Waals surface area contributed by atoms with Crippen LogP contribution in [0.5, 0.6) is 5.88 Å². The Labute approximate surface area is 134 Å². The van der Waals surface area contributed by atoms with Gasteiger partial charge in [-0.05, 0) is 32.8 Å². The summed E-state index contributed by atoms with van der Waals surface area (Å²) in [5.74, 6) is 1.92. The number of rotatable bonds is 3. The van der Waals surface area contributed by atoms with Crippen LogP contribution in [-0.2, 0) is 0 Å². The molecule has 0 N–H and O–H groups in total. The third-order valence-corrected chi connectivity index (χ3v) is 4.01. The van der Waals surface area contributed by atoms with E-state index < -0.39 is 0 Å². The predicted octanol–water partition coefficient (Wildman–Crippen LogP) is 1.17. The maximum Gasteiger partial charge on any atom is 0.274 e. The zero-order valence-electron chi connectivity index (χ0n) is 13.6. The lowest BCUT2D eigenvalue weighted by atomic mass is 10.1. The molecule has 23 heavy (non-hydrogen) atoms. The first-order valence-corrected chi connectivity index (χ1v) is 7.65. The van der Waals surface area contributed by atoms with Crippen LogP contribution in [0, 0.1) is 13.8 Å². The lowest BCUT2D eigenvalue weighted by Crippen LogP contribution is -2.41. The molecule has 2 aromatic heterocycles. The van der Waals surface area contributed by atoms with Crippen LogP contribution in [0.3, 0.4) is 0 Å². The molecule has 1 aliphatic rings. The van der Waals surface area contributed by atoms with Gasteiger partial charge in [0.2, 0.25) is 5.88 Å². The summed E-state index contributed by atoms with van der Waals surface area (Å²) in [6.07, 6.45) is 1.92. The minimum Gasteiger partial charge on any atom is -0.480 e.